The molecule has 0 fully saturated rings. The predicted molar refractivity (Wildman–Crippen MR) is 132 cm³/mol. The van der Waals surface area contributed by atoms with Gasteiger partial charge in [-0.15, -0.1) is 0 Å². The van der Waals surface area contributed by atoms with Gasteiger partial charge in [0.2, 0.25) is 0 Å². The van der Waals surface area contributed by atoms with Crippen molar-refractivity contribution in [2.45, 2.75) is 31.7 Å². The van der Waals surface area contributed by atoms with Gasteiger partial charge in [-0.1, -0.05) is 36.4 Å². The van der Waals surface area contributed by atoms with Gasteiger partial charge in [-0.3, -0.25) is 9.59 Å². The zero-order valence-corrected chi connectivity index (χ0v) is 19.4. The lowest BCUT2D eigenvalue weighted by atomic mass is 10.00. The van der Waals surface area contributed by atoms with Crippen LogP contribution in [0.5, 0.6) is 5.75 Å². The maximum Gasteiger partial charge on any atom is 0.303 e. The monoisotopic (exact) mass is 485 g/mol. The number of aromatic nitrogens is 2. The zero-order valence-electron chi connectivity index (χ0n) is 19.4. The Morgan fingerprint density at radius 3 is 2.67 bits per heavy atom. The number of carboxylic acid groups (broad SMARTS) is 1. The number of aryl methyl sites for hydroxylation is 1. The summed E-state index contributed by atoms with van der Waals surface area (Å²) in [6, 6.07) is 18.8. The molecule has 0 saturated carbocycles. The molecule has 1 aromatic heterocycles. The number of rotatable bonds is 7. The topological polar surface area (TPSA) is 101 Å². The quantitative estimate of drug-likeness (QED) is 0.378. The molecule has 2 N–H and O–H groups in total. The fraction of sp³-hybridized carbons (Fsp3) is 0.214. The number of carbonyl (C=O) groups excluding carboxylic acids is 1. The molecule has 3 aromatic carbocycles. The van der Waals surface area contributed by atoms with Crippen LogP contribution in [0.4, 0.5) is 4.39 Å². The Balaban J connectivity index is 1.44. The largest absolute Gasteiger partial charge is 0.493 e. The number of carboxylic acids is 1. The van der Waals surface area contributed by atoms with Crippen LogP contribution in [0.15, 0.2) is 66.7 Å². The highest BCUT2D eigenvalue weighted by molar-refractivity contribution is 5.97. The molecular weight excluding hydrogens is 461 g/mol. The molecule has 8 heteroatoms. The summed E-state index contributed by atoms with van der Waals surface area (Å²) in [7, 11) is 0. The molecule has 0 aliphatic carbocycles. The Hall–Kier alpha value is -4.33. The van der Waals surface area contributed by atoms with Gasteiger partial charge >= 0.3 is 5.97 Å². The van der Waals surface area contributed by atoms with Gasteiger partial charge in [-0.05, 0) is 37.1 Å². The minimum Gasteiger partial charge on any atom is -0.493 e. The van der Waals surface area contributed by atoms with Crippen molar-refractivity contribution in [1.82, 2.24) is 15.3 Å². The van der Waals surface area contributed by atoms with E-state index in [2.05, 4.69) is 5.32 Å². The Labute approximate surface area is 207 Å². The van der Waals surface area contributed by atoms with E-state index in [0.717, 1.165) is 11.1 Å². The summed E-state index contributed by atoms with van der Waals surface area (Å²) in [6.07, 6.45) is 1.49. The van der Waals surface area contributed by atoms with Crippen LogP contribution in [0, 0.1) is 5.82 Å². The molecule has 1 aliphatic rings. The van der Waals surface area contributed by atoms with Crippen LogP contribution in [0.3, 0.4) is 0 Å². The van der Waals surface area contributed by atoms with Crippen LogP contribution < -0.4 is 10.1 Å². The highest BCUT2D eigenvalue weighted by Crippen LogP contribution is 2.33. The SMILES string of the molecule is O=C(O)CCCc1nc2cc(C(=O)N[C@@H]3CCOc4cc(F)ccc43)ccc2nc1-c1ccccc1. The van der Waals surface area contributed by atoms with Crippen LogP contribution in [0.1, 0.15) is 46.9 Å². The van der Waals surface area contributed by atoms with Gasteiger partial charge in [0.1, 0.15) is 11.6 Å². The molecule has 0 radical (unpaired) electrons. The van der Waals surface area contributed by atoms with Crippen molar-refractivity contribution in [3.63, 3.8) is 0 Å². The fourth-order valence-electron chi connectivity index (χ4n) is 4.40. The van der Waals surface area contributed by atoms with Crippen molar-refractivity contribution < 1.29 is 23.8 Å². The second-order valence-corrected chi connectivity index (χ2v) is 8.68. The van der Waals surface area contributed by atoms with E-state index < -0.39 is 5.97 Å². The zero-order chi connectivity index (χ0) is 25.1. The van der Waals surface area contributed by atoms with E-state index in [4.69, 9.17) is 19.8 Å². The molecule has 7 nitrogen and oxygen atoms in total. The smallest absolute Gasteiger partial charge is 0.303 e. The molecule has 182 valence electrons. The summed E-state index contributed by atoms with van der Waals surface area (Å²) < 4.78 is 19.1. The average Bonchev–Trinajstić information content (AvgIpc) is 2.88. The first-order valence-electron chi connectivity index (χ1n) is 11.8. The van der Waals surface area contributed by atoms with Crippen molar-refractivity contribution in [3.8, 4) is 17.0 Å². The second-order valence-electron chi connectivity index (χ2n) is 8.68. The number of carbonyl (C=O) groups is 2. The maximum atomic E-state index is 13.6. The third-order valence-corrected chi connectivity index (χ3v) is 6.17. The predicted octanol–water partition coefficient (Wildman–Crippen LogP) is 5.10. The lowest BCUT2D eigenvalue weighted by molar-refractivity contribution is -0.137. The van der Waals surface area contributed by atoms with Crippen LogP contribution >= 0.6 is 0 Å². The molecule has 0 saturated heterocycles. The van der Waals surface area contributed by atoms with Gasteiger partial charge in [0, 0.05) is 35.6 Å². The first-order valence-corrected chi connectivity index (χ1v) is 11.8. The lowest BCUT2D eigenvalue weighted by Gasteiger charge is -2.26. The molecule has 2 heterocycles. The van der Waals surface area contributed by atoms with E-state index in [-0.39, 0.29) is 24.2 Å². The maximum absolute atomic E-state index is 13.6. The van der Waals surface area contributed by atoms with Crippen LogP contribution in [0.25, 0.3) is 22.3 Å². The molecule has 0 unspecified atom stereocenters. The van der Waals surface area contributed by atoms with Crippen molar-refractivity contribution in [1.29, 1.82) is 0 Å². The highest BCUT2D eigenvalue weighted by Gasteiger charge is 2.24. The van der Waals surface area contributed by atoms with Crippen molar-refractivity contribution in [3.05, 3.63) is 89.4 Å². The van der Waals surface area contributed by atoms with Gasteiger partial charge in [-0.25, -0.2) is 14.4 Å². The third kappa shape index (κ3) is 5.02. The summed E-state index contributed by atoms with van der Waals surface area (Å²) in [6.45, 7) is 0.382. The number of hydrogen-bond donors (Lipinski definition) is 2. The lowest BCUT2D eigenvalue weighted by Crippen LogP contribution is -2.32. The Morgan fingerprint density at radius 1 is 1.03 bits per heavy atom. The molecule has 0 spiro atoms. The van der Waals surface area contributed by atoms with Gasteiger partial charge in [0.15, 0.2) is 0 Å². The van der Waals surface area contributed by atoms with E-state index in [0.29, 0.717) is 59.6 Å². The number of amides is 1. The van der Waals surface area contributed by atoms with Crippen LogP contribution in [0.2, 0.25) is 0 Å². The number of halogens is 1. The normalized spacial score (nSPS) is 14.6. The van der Waals surface area contributed by atoms with Gasteiger partial charge in [0.05, 0.1) is 35.1 Å². The summed E-state index contributed by atoms with van der Waals surface area (Å²) >= 11 is 0. The number of fused-ring (bicyclic) bond motifs is 2. The first-order chi connectivity index (χ1) is 17.5. The van der Waals surface area contributed by atoms with Crippen molar-refractivity contribution in [2.24, 2.45) is 0 Å². The van der Waals surface area contributed by atoms with Gasteiger partial charge in [0.25, 0.3) is 5.91 Å². The Morgan fingerprint density at radius 2 is 1.86 bits per heavy atom. The fourth-order valence-corrected chi connectivity index (χ4v) is 4.40. The first kappa shape index (κ1) is 23.4. The van der Waals surface area contributed by atoms with Crippen molar-refractivity contribution >= 4 is 22.9 Å². The van der Waals surface area contributed by atoms with Crippen molar-refractivity contribution in [2.75, 3.05) is 6.61 Å². The summed E-state index contributed by atoms with van der Waals surface area (Å²) in [5.74, 6) is -1.08. The van der Waals surface area contributed by atoms with Gasteiger partial charge < -0.3 is 15.2 Å². The molecule has 4 aromatic rings. The summed E-state index contributed by atoms with van der Waals surface area (Å²) in [5, 5.41) is 12.1. The number of benzene rings is 3. The van der Waals surface area contributed by atoms with E-state index >= 15 is 0 Å². The Bertz CT molecular complexity index is 1440. The number of ether oxygens (including phenoxy) is 1. The number of nitrogens with one attached hydrogen (secondary N) is 1. The standard InChI is InChI=1S/C28H24FN3O4/c29-19-10-11-20-21(13-14-36-25(20)16-19)32-28(35)18-9-12-22-24(15-18)30-23(7-4-8-26(33)34)27(31-22)17-5-2-1-3-6-17/h1-3,5-6,9-12,15-16,21H,4,7-8,13-14H2,(H,32,35)(H,33,34)/t21-/m1/s1. The molecule has 1 aliphatic heterocycles. The van der Waals surface area contributed by atoms with Crippen LogP contribution in [-0.4, -0.2) is 33.6 Å². The Kier molecular flexibility index (Phi) is 6.58. The van der Waals surface area contributed by atoms with E-state index in [9.17, 15) is 14.0 Å². The van der Waals surface area contributed by atoms with E-state index in [1.54, 1.807) is 24.3 Å². The number of nitrogens with zero attached hydrogens (tertiary/aromatic N) is 2. The molecule has 1 atom stereocenters. The molecular formula is C28H24FN3O4. The van der Waals surface area contributed by atoms with Crippen LogP contribution in [-0.2, 0) is 11.2 Å². The molecule has 5 rings (SSSR count). The number of aliphatic carboxylic acids is 1. The number of hydrogen-bond acceptors (Lipinski definition) is 5. The second kappa shape index (κ2) is 10.1. The summed E-state index contributed by atoms with van der Waals surface area (Å²) in [5.41, 5.74) is 4.65. The van der Waals surface area contributed by atoms with E-state index in [1.807, 2.05) is 30.3 Å². The van der Waals surface area contributed by atoms with E-state index in [1.165, 1.54) is 12.1 Å². The molecule has 1 amide bonds. The summed E-state index contributed by atoms with van der Waals surface area (Å²) in [4.78, 5) is 33.7. The third-order valence-electron chi connectivity index (χ3n) is 6.17. The minimum absolute atomic E-state index is 0.0346. The van der Waals surface area contributed by atoms with Gasteiger partial charge in [-0.2, -0.15) is 0 Å². The molecule has 0 bridgehead atoms. The highest BCUT2D eigenvalue weighted by atomic mass is 19.1. The molecule has 36 heavy (non-hydrogen) atoms. The minimum atomic E-state index is -0.860. The average molecular weight is 486 g/mol.